The zero-order valence-corrected chi connectivity index (χ0v) is 11.4. The molecular formula is C14H19F2NO3. The van der Waals surface area contributed by atoms with E-state index in [2.05, 4.69) is 4.74 Å². The molecule has 0 aliphatic carbocycles. The van der Waals surface area contributed by atoms with Crippen LogP contribution in [0.15, 0.2) is 24.3 Å². The van der Waals surface area contributed by atoms with E-state index in [0.29, 0.717) is 19.6 Å². The zero-order valence-electron chi connectivity index (χ0n) is 11.4. The summed E-state index contributed by atoms with van der Waals surface area (Å²) in [4.78, 5) is 0. The van der Waals surface area contributed by atoms with Gasteiger partial charge in [0.25, 0.3) is 0 Å². The molecule has 1 aliphatic heterocycles. The minimum atomic E-state index is -2.80. The van der Waals surface area contributed by atoms with E-state index in [1.165, 1.54) is 12.1 Å². The molecule has 0 amide bonds. The van der Waals surface area contributed by atoms with Gasteiger partial charge in [-0.05, 0) is 31.0 Å². The number of aryl methyl sites for hydroxylation is 1. The van der Waals surface area contributed by atoms with Crippen molar-refractivity contribution in [1.82, 2.24) is 0 Å². The molecule has 2 atom stereocenters. The average molecular weight is 287 g/mol. The van der Waals surface area contributed by atoms with Crippen molar-refractivity contribution in [3.63, 3.8) is 0 Å². The Labute approximate surface area is 116 Å². The molecule has 112 valence electrons. The second-order valence-electron chi connectivity index (χ2n) is 4.94. The lowest BCUT2D eigenvalue weighted by Gasteiger charge is -2.23. The monoisotopic (exact) mass is 287 g/mol. The summed E-state index contributed by atoms with van der Waals surface area (Å²) in [7, 11) is 0. The van der Waals surface area contributed by atoms with Crippen molar-refractivity contribution in [2.75, 3.05) is 13.2 Å². The van der Waals surface area contributed by atoms with Crippen molar-refractivity contribution in [2.24, 2.45) is 5.73 Å². The molecule has 2 unspecified atom stereocenters. The van der Waals surface area contributed by atoms with Gasteiger partial charge in [-0.1, -0.05) is 12.1 Å². The van der Waals surface area contributed by atoms with E-state index >= 15 is 0 Å². The largest absolute Gasteiger partial charge is 0.435 e. The number of hydrogen-bond donors (Lipinski definition) is 1. The zero-order chi connectivity index (χ0) is 14.6. The van der Waals surface area contributed by atoms with Crippen LogP contribution in [0.2, 0.25) is 0 Å². The van der Waals surface area contributed by atoms with E-state index in [0.717, 1.165) is 12.0 Å². The molecule has 6 heteroatoms. The molecule has 2 rings (SSSR count). The van der Waals surface area contributed by atoms with Crippen LogP contribution in [0, 0.1) is 0 Å². The summed E-state index contributed by atoms with van der Waals surface area (Å²) in [5, 5.41) is 0. The lowest BCUT2D eigenvalue weighted by Crippen LogP contribution is -2.29. The van der Waals surface area contributed by atoms with Crippen LogP contribution in [0.5, 0.6) is 5.75 Å². The summed E-state index contributed by atoms with van der Waals surface area (Å²) in [6.07, 6.45) is 1.35. The quantitative estimate of drug-likeness (QED) is 0.872. The number of benzene rings is 1. The molecule has 0 spiro atoms. The van der Waals surface area contributed by atoms with Crippen LogP contribution in [0.4, 0.5) is 8.78 Å². The third-order valence-electron chi connectivity index (χ3n) is 3.27. The maximum absolute atomic E-state index is 12.0. The van der Waals surface area contributed by atoms with Gasteiger partial charge in [0.1, 0.15) is 5.75 Å². The van der Waals surface area contributed by atoms with Crippen LogP contribution in [-0.2, 0) is 15.9 Å². The van der Waals surface area contributed by atoms with E-state index in [1.54, 1.807) is 12.1 Å². The fourth-order valence-corrected chi connectivity index (χ4v) is 2.15. The Kier molecular flexibility index (Phi) is 4.91. The Bertz CT molecular complexity index is 427. The van der Waals surface area contributed by atoms with E-state index in [-0.39, 0.29) is 11.9 Å². The number of ether oxygens (including phenoxy) is 3. The van der Waals surface area contributed by atoms with Crippen LogP contribution in [0.1, 0.15) is 18.9 Å². The Morgan fingerprint density at radius 1 is 1.40 bits per heavy atom. The molecule has 0 saturated carbocycles. The van der Waals surface area contributed by atoms with Gasteiger partial charge < -0.3 is 19.9 Å². The first kappa shape index (κ1) is 15.2. The normalized spacial score (nSPS) is 26.1. The molecule has 1 aliphatic rings. The third kappa shape index (κ3) is 4.13. The van der Waals surface area contributed by atoms with Gasteiger partial charge >= 0.3 is 6.61 Å². The van der Waals surface area contributed by atoms with Gasteiger partial charge in [0, 0.05) is 13.0 Å². The van der Waals surface area contributed by atoms with Crippen molar-refractivity contribution in [1.29, 1.82) is 0 Å². The van der Waals surface area contributed by atoms with Crippen molar-refractivity contribution >= 4 is 0 Å². The van der Waals surface area contributed by atoms with E-state index in [4.69, 9.17) is 15.2 Å². The fourth-order valence-electron chi connectivity index (χ4n) is 2.15. The molecular weight excluding hydrogens is 268 g/mol. The molecule has 1 aromatic carbocycles. The van der Waals surface area contributed by atoms with Crippen molar-refractivity contribution < 1.29 is 23.0 Å². The summed E-state index contributed by atoms with van der Waals surface area (Å²) in [5.74, 6) is -0.464. The van der Waals surface area contributed by atoms with Crippen LogP contribution in [0.25, 0.3) is 0 Å². The predicted molar refractivity (Wildman–Crippen MR) is 69.7 cm³/mol. The second-order valence-corrected chi connectivity index (χ2v) is 4.94. The Hall–Kier alpha value is -1.24. The number of hydrogen-bond acceptors (Lipinski definition) is 4. The first-order valence-corrected chi connectivity index (χ1v) is 6.56. The van der Waals surface area contributed by atoms with Gasteiger partial charge in [0.15, 0.2) is 5.79 Å². The lowest BCUT2D eigenvalue weighted by molar-refractivity contribution is -0.156. The highest BCUT2D eigenvalue weighted by Gasteiger charge is 2.35. The summed E-state index contributed by atoms with van der Waals surface area (Å²) in [6, 6.07) is 6.58. The minimum absolute atomic E-state index is 0.0539. The number of alkyl halides is 2. The van der Waals surface area contributed by atoms with Gasteiger partial charge in [-0.25, -0.2) is 0 Å². The second kappa shape index (κ2) is 6.47. The summed E-state index contributed by atoms with van der Waals surface area (Å²) in [5.41, 5.74) is 6.55. The van der Waals surface area contributed by atoms with E-state index in [9.17, 15) is 8.78 Å². The highest BCUT2D eigenvalue weighted by molar-refractivity contribution is 5.27. The molecule has 1 fully saturated rings. The predicted octanol–water partition coefficient (Wildman–Crippen LogP) is 2.31. The number of nitrogens with two attached hydrogens (primary N) is 1. The molecule has 1 aromatic rings. The Balaban J connectivity index is 1.85. The third-order valence-corrected chi connectivity index (χ3v) is 3.27. The number of rotatable bonds is 6. The van der Waals surface area contributed by atoms with Gasteiger partial charge in [0.05, 0.1) is 12.7 Å². The Morgan fingerprint density at radius 2 is 2.10 bits per heavy atom. The smallest absolute Gasteiger partial charge is 0.387 e. The van der Waals surface area contributed by atoms with E-state index in [1.807, 2.05) is 6.92 Å². The van der Waals surface area contributed by atoms with Crippen molar-refractivity contribution in [3.05, 3.63) is 29.8 Å². The van der Waals surface area contributed by atoms with Crippen LogP contribution >= 0.6 is 0 Å². The van der Waals surface area contributed by atoms with Crippen molar-refractivity contribution in [2.45, 2.75) is 38.3 Å². The van der Waals surface area contributed by atoms with Gasteiger partial charge in [0.2, 0.25) is 0 Å². The van der Waals surface area contributed by atoms with Crippen LogP contribution < -0.4 is 10.5 Å². The minimum Gasteiger partial charge on any atom is -0.435 e. The topological polar surface area (TPSA) is 53.7 Å². The molecule has 20 heavy (non-hydrogen) atoms. The van der Waals surface area contributed by atoms with Gasteiger partial charge in [-0.2, -0.15) is 8.78 Å². The Morgan fingerprint density at radius 3 is 2.65 bits per heavy atom. The standard InChI is InChI=1S/C14H19F2NO3/c1-14(18-9-12(8-17)20-14)7-6-10-2-4-11(5-3-10)19-13(15)16/h2-5,12-13H,6-9,17H2,1H3. The highest BCUT2D eigenvalue weighted by atomic mass is 19.3. The lowest BCUT2D eigenvalue weighted by atomic mass is 10.1. The summed E-state index contributed by atoms with van der Waals surface area (Å²) < 4.78 is 39.7. The SMILES string of the molecule is CC1(CCc2ccc(OC(F)F)cc2)OCC(CN)O1. The summed E-state index contributed by atoms with van der Waals surface area (Å²) >= 11 is 0. The first-order chi connectivity index (χ1) is 9.50. The molecule has 0 aromatic heterocycles. The van der Waals surface area contributed by atoms with E-state index < -0.39 is 12.4 Å². The molecule has 1 heterocycles. The van der Waals surface area contributed by atoms with Gasteiger partial charge in [-0.15, -0.1) is 0 Å². The fraction of sp³-hybridized carbons (Fsp3) is 0.571. The first-order valence-electron chi connectivity index (χ1n) is 6.56. The van der Waals surface area contributed by atoms with Crippen molar-refractivity contribution in [3.8, 4) is 5.75 Å². The summed E-state index contributed by atoms with van der Waals surface area (Å²) in [6.45, 7) is 0.0358. The number of halogens is 2. The average Bonchev–Trinajstić information content (AvgIpc) is 2.80. The highest BCUT2D eigenvalue weighted by Crippen LogP contribution is 2.28. The maximum Gasteiger partial charge on any atom is 0.387 e. The molecule has 4 nitrogen and oxygen atoms in total. The van der Waals surface area contributed by atoms with Crippen LogP contribution in [0.3, 0.4) is 0 Å². The molecule has 2 N–H and O–H groups in total. The van der Waals surface area contributed by atoms with Crippen LogP contribution in [-0.4, -0.2) is 31.7 Å². The molecule has 1 saturated heterocycles. The molecule has 0 bridgehead atoms. The molecule has 0 radical (unpaired) electrons. The maximum atomic E-state index is 12.0. The van der Waals surface area contributed by atoms with Gasteiger partial charge in [-0.3, -0.25) is 0 Å².